The van der Waals surface area contributed by atoms with Gasteiger partial charge < -0.3 is 10.2 Å². The maximum Gasteiger partial charge on any atom is 0.253 e. The lowest BCUT2D eigenvalue weighted by molar-refractivity contribution is 0.475. The molecule has 0 bridgehead atoms. The number of benzene rings is 4. The standard InChI is InChI=1S/C25H18O2/c26-19-13-9-17(10-14-19)25(18-11-15-20(27)16-12-18)23-7-3-1-5-21(23)22-6-2-4-8-24(22)25/h1-16,26-27H/p+1. The van der Waals surface area contributed by atoms with Crippen LogP contribution in [0.15, 0.2) is 97.1 Å². The molecule has 0 amide bonds. The Morgan fingerprint density at radius 2 is 1.00 bits per heavy atom. The summed E-state index contributed by atoms with van der Waals surface area (Å²) in [4.78, 5) is 0. The van der Waals surface area contributed by atoms with Gasteiger partial charge in [-0.15, -0.1) is 0 Å². The molecule has 0 aliphatic heterocycles. The third-order valence-electron chi connectivity index (χ3n) is 5.57. The van der Waals surface area contributed by atoms with Gasteiger partial charge in [-0.3, -0.25) is 0 Å². The average molecular weight is 351 g/mol. The normalized spacial score (nSPS) is 13.8. The van der Waals surface area contributed by atoms with E-state index in [-0.39, 0.29) is 5.75 Å². The molecule has 0 fully saturated rings. The van der Waals surface area contributed by atoms with Crippen LogP contribution in [0.1, 0.15) is 22.3 Å². The SMILES string of the molecule is Oc1ccc(C2(c3ccc([OH2+])cc3)c3ccccc3-c3ccccc32)cc1. The Hall–Kier alpha value is -3.52. The first-order valence-corrected chi connectivity index (χ1v) is 9.02. The summed E-state index contributed by atoms with van der Waals surface area (Å²) in [7, 11) is 0. The fourth-order valence-electron chi connectivity index (χ4n) is 4.46. The van der Waals surface area contributed by atoms with E-state index < -0.39 is 5.41 Å². The molecule has 4 aromatic carbocycles. The van der Waals surface area contributed by atoms with Crippen molar-refractivity contribution in [3.63, 3.8) is 0 Å². The fraction of sp³-hybridized carbons (Fsp3) is 0.0400. The molecule has 5 rings (SSSR count). The van der Waals surface area contributed by atoms with Crippen molar-refractivity contribution in [1.29, 1.82) is 0 Å². The van der Waals surface area contributed by atoms with Gasteiger partial charge in [0.05, 0.1) is 5.41 Å². The lowest BCUT2D eigenvalue weighted by Gasteiger charge is -2.33. The summed E-state index contributed by atoms with van der Waals surface area (Å²) >= 11 is 0. The van der Waals surface area contributed by atoms with Crippen LogP contribution in [0.5, 0.6) is 11.5 Å². The number of phenolic OH excluding ortho intramolecular Hbond substituents is 1. The Morgan fingerprint density at radius 1 is 0.556 bits per heavy atom. The molecule has 0 heterocycles. The van der Waals surface area contributed by atoms with Gasteiger partial charge in [-0.05, 0) is 57.6 Å². The van der Waals surface area contributed by atoms with Crippen LogP contribution < -0.4 is 0 Å². The predicted molar refractivity (Wildman–Crippen MR) is 108 cm³/mol. The molecule has 0 atom stereocenters. The van der Waals surface area contributed by atoms with Crippen molar-refractivity contribution in [2.75, 3.05) is 0 Å². The second kappa shape index (κ2) is 5.75. The zero-order chi connectivity index (χ0) is 18.4. The van der Waals surface area contributed by atoms with Crippen LogP contribution in [-0.2, 0) is 5.41 Å². The van der Waals surface area contributed by atoms with Crippen LogP contribution in [0.3, 0.4) is 0 Å². The van der Waals surface area contributed by atoms with Gasteiger partial charge in [-0.2, -0.15) is 0 Å². The highest BCUT2D eigenvalue weighted by Crippen LogP contribution is 2.56. The first-order chi connectivity index (χ1) is 13.2. The molecule has 0 aromatic heterocycles. The molecule has 3 N–H and O–H groups in total. The van der Waals surface area contributed by atoms with Gasteiger partial charge in [-0.1, -0.05) is 60.7 Å². The Balaban J connectivity index is 1.94. The van der Waals surface area contributed by atoms with Gasteiger partial charge in [0, 0.05) is 12.1 Å². The average Bonchev–Trinajstić information content (AvgIpc) is 3.01. The molecular weight excluding hydrogens is 332 g/mol. The number of hydrogen-bond acceptors (Lipinski definition) is 1. The molecule has 0 unspecified atom stereocenters. The molecule has 2 nitrogen and oxygen atoms in total. The molecule has 0 spiro atoms. The van der Waals surface area contributed by atoms with Crippen LogP contribution >= 0.6 is 0 Å². The molecule has 1 aliphatic rings. The van der Waals surface area contributed by atoms with E-state index in [1.165, 1.54) is 22.3 Å². The summed E-state index contributed by atoms with van der Waals surface area (Å²) in [5.41, 5.74) is 6.70. The zero-order valence-electron chi connectivity index (χ0n) is 14.7. The molecule has 0 radical (unpaired) electrons. The largest absolute Gasteiger partial charge is 0.593 e. The summed E-state index contributed by atoms with van der Waals surface area (Å²) < 4.78 is 0. The van der Waals surface area contributed by atoms with E-state index in [9.17, 15) is 5.11 Å². The van der Waals surface area contributed by atoms with Gasteiger partial charge in [0.2, 0.25) is 0 Å². The Labute approximate surface area is 158 Å². The quantitative estimate of drug-likeness (QED) is 0.437. The smallest absolute Gasteiger partial charge is 0.253 e. The summed E-state index contributed by atoms with van der Waals surface area (Å²) in [6.07, 6.45) is 0. The van der Waals surface area contributed by atoms with E-state index in [2.05, 4.69) is 48.5 Å². The summed E-state index contributed by atoms with van der Waals surface area (Å²) in [5.74, 6) is 0.758. The van der Waals surface area contributed by atoms with Crippen LogP contribution in [-0.4, -0.2) is 10.2 Å². The zero-order valence-corrected chi connectivity index (χ0v) is 14.7. The summed E-state index contributed by atoms with van der Waals surface area (Å²) in [6.45, 7) is 0. The van der Waals surface area contributed by atoms with Crippen molar-refractivity contribution >= 4 is 0 Å². The number of fused-ring (bicyclic) bond motifs is 3. The van der Waals surface area contributed by atoms with Gasteiger partial charge in [0.1, 0.15) is 5.75 Å². The van der Waals surface area contributed by atoms with Crippen molar-refractivity contribution in [3.8, 4) is 22.6 Å². The second-order valence-electron chi connectivity index (χ2n) is 6.97. The molecule has 130 valence electrons. The summed E-state index contributed by atoms with van der Waals surface area (Å²) in [6, 6.07) is 32.4. The first kappa shape index (κ1) is 15.7. The molecule has 4 aromatic rings. The predicted octanol–water partition coefficient (Wildman–Crippen LogP) is 5.19. The van der Waals surface area contributed by atoms with E-state index in [0.29, 0.717) is 5.75 Å². The molecule has 27 heavy (non-hydrogen) atoms. The fourth-order valence-corrected chi connectivity index (χ4v) is 4.46. The summed E-state index contributed by atoms with van der Waals surface area (Å²) in [5, 5.41) is 17.8. The first-order valence-electron chi connectivity index (χ1n) is 9.02. The van der Waals surface area contributed by atoms with Crippen LogP contribution in [0.4, 0.5) is 0 Å². The highest BCUT2D eigenvalue weighted by Gasteiger charge is 2.45. The lowest BCUT2D eigenvalue weighted by Crippen LogP contribution is -2.28. The monoisotopic (exact) mass is 351 g/mol. The van der Waals surface area contributed by atoms with Crippen molar-refractivity contribution in [3.05, 3.63) is 119 Å². The second-order valence-corrected chi connectivity index (χ2v) is 6.97. The molecule has 0 saturated heterocycles. The lowest BCUT2D eigenvalue weighted by atomic mass is 9.68. The van der Waals surface area contributed by atoms with Crippen molar-refractivity contribution in [1.82, 2.24) is 0 Å². The number of phenols is 1. The van der Waals surface area contributed by atoms with E-state index in [1.807, 2.05) is 36.4 Å². The van der Waals surface area contributed by atoms with Crippen LogP contribution in [0, 0.1) is 0 Å². The number of hydrogen-bond donors (Lipinski definition) is 1. The van der Waals surface area contributed by atoms with Crippen molar-refractivity contribution < 1.29 is 10.2 Å². The van der Waals surface area contributed by atoms with Gasteiger partial charge >= 0.3 is 0 Å². The van der Waals surface area contributed by atoms with Crippen molar-refractivity contribution in [2.45, 2.75) is 5.41 Å². The van der Waals surface area contributed by atoms with Crippen LogP contribution in [0.25, 0.3) is 11.1 Å². The molecule has 2 heteroatoms. The molecule has 1 aliphatic carbocycles. The van der Waals surface area contributed by atoms with Gasteiger partial charge in [0.15, 0.2) is 0 Å². The topological polar surface area (TPSA) is 43.1 Å². The van der Waals surface area contributed by atoms with Gasteiger partial charge in [-0.25, -0.2) is 0 Å². The number of aromatic hydroxyl groups is 1. The maximum atomic E-state index is 9.86. The minimum absolute atomic E-state index is 0.259. The Bertz CT molecular complexity index is 1030. The minimum atomic E-state index is -0.464. The highest BCUT2D eigenvalue weighted by atomic mass is 16.3. The van der Waals surface area contributed by atoms with E-state index in [0.717, 1.165) is 11.1 Å². The third kappa shape index (κ3) is 2.13. The maximum absolute atomic E-state index is 9.86. The van der Waals surface area contributed by atoms with E-state index in [1.54, 1.807) is 12.1 Å². The van der Waals surface area contributed by atoms with E-state index >= 15 is 0 Å². The Kier molecular flexibility index (Phi) is 3.34. The van der Waals surface area contributed by atoms with Crippen molar-refractivity contribution in [2.24, 2.45) is 0 Å². The van der Waals surface area contributed by atoms with E-state index in [4.69, 9.17) is 5.11 Å². The Morgan fingerprint density at radius 3 is 1.52 bits per heavy atom. The molecular formula is C25H19O2+. The third-order valence-corrected chi connectivity index (χ3v) is 5.57. The minimum Gasteiger partial charge on any atom is -0.593 e. The molecule has 0 saturated carbocycles. The van der Waals surface area contributed by atoms with Gasteiger partial charge in [0.25, 0.3) is 5.75 Å². The number of rotatable bonds is 2. The van der Waals surface area contributed by atoms with Crippen LogP contribution in [0.2, 0.25) is 0 Å². The highest BCUT2D eigenvalue weighted by molar-refractivity contribution is 5.86.